The first-order valence-corrected chi connectivity index (χ1v) is 11.6. The lowest BCUT2D eigenvalue weighted by molar-refractivity contribution is -0.122. The van der Waals surface area contributed by atoms with Crippen LogP contribution in [0.15, 0.2) is 42.5 Å². The molecule has 9 heteroatoms. The van der Waals surface area contributed by atoms with Crippen LogP contribution in [0.3, 0.4) is 0 Å². The number of nitrogens with one attached hydrogen (secondary N) is 1. The molecule has 2 aliphatic rings. The molecule has 0 unspecified atom stereocenters. The average molecular weight is 483 g/mol. The van der Waals surface area contributed by atoms with E-state index in [1.807, 2.05) is 0 Å². The number of amides is 2. The van der Waals surface area contributed by atoms with Gasteiger partial charge in [-0.15, -0.1) is 0 Å². The Bertz CT molecular complexity index is 1270. The third-order valence-electron chi connectivity index (χ3n) is 6.14. The van der Waals surface area contributed by atoms with E-state index in [9.17, 15) is 14.0 Å². The normalized spacial score (nSPS) is 14.1. The summed E-state index contributed by atoms with van der Waals surface area (Å²) in [5.41, 5.74) is 2.58. The molecule has 7 nitrogen and oxygen atoms in total. The van der Waals surface area contributed by atoms with Gasteiger partial charge in [-0.3, -0.25) is 14.3 Å². The fourth-order valence-electron chi connectivity index (χ4n) is 4.17. The van der Waals surface area contributed by atoms with Crippen LogP contribution in [0, 0.1) is 11.7 Å². The van der Waals surface area contributed by atoms with Crippen LogP contribution in [0.5, 0.6) is 5.75 Å². The van der Waals surface area contributed by atoms with Crippen molar-refractivity contribution in [3.63, 3.8) is 0 Å². The number of aromatic nitrogens is 2. The number of rotatable bonds is 7. The van der Waals surface area contributed by atoms with E-state index in [4.69, 9.17) is 16.3 Å². The van der Waals surface area contributed by atoms with Gasteiger partial charge < -0.3 is 15.0 Å². The average Bonchev–Trinajstić information content (AvgIpc) is 3.59. The molecule has 2 aromatic carbocycles. The zero-order valence-corrected chi connectivity index (χ0v) is 19.4. The molecule has 1 aromatic heterocycles. The molecule has 1 saturated carbocycles. The second-order valence-corrected chi connectivity index (χ2v) is 9.17. The highest BCUT2D eigenvalue weighted by Crippen LogP contribution is 2.40. The number of fused-ring (bicyclic) bond motifs is 3. The molecule has 1 aliphatic heterocycles. The summed E-state index contributed by atoms with van der Waals surface area (Å²) in [6.45, 7) is 0.483. The van der Waals surface area contributed by atoms with Gasteiger partial charge in [0.05, 0.1) is 5.69 Å². The summed E-state index contributed by atoms with van der Waals surface area (Å²) in [7, 11) is 1.75. The SMILES string of the molecule is Cn1nc(C(=O)N(CC(=O)NCC2CC2)Cc2ccccc2F)c2c1-c1cc(Cl)ccc1OC2. The highest BCUT2D eigenvalue weighted by molar-refractivity contribution is 6.31. The minimum atomic E-state index is -0.462. The van der Waals surface area contributed by atoms with Crippen molar-refractivity contribution in [3.8, 4) is 17.0 Å². The number of benzene rings is 2. The Balaban J connectivity index is 1.47. The Morgan fingerprint density at radius 1 is 1.26 bits per heavy atom. The Morgan fingerprint density at radius 2 is 2.06 bits per heavy atom. The van der Waals surface area contributed by atoms with E-state index >= 15 is 0 Å². The fraction of sp³-hybridized carbons (Fsp3) is 0.320. The number of hydrogen-bond donors (Lipinski definition) is 1. The zero-order valence-electron chi connectivity index (χ0n) is 18.7. The predicted octanol–water partition coefficient (Wildman–Crippen LogP) is 3.94. The quantitative estimate of drug-likeness (QED) is 0.553. The Labute approximate surface area is 201 Å². The van der Waals surface area contributed by atoms with Crippen LogP contribution in [-0.4, -0.2) is 39.6 Å². The summed E-state index contributed by atoms with van der Waals surface area (Å²) in [5, 5.41) is 7.89. The number of carbonyl (C=O) groups is 2. The van der Waals surface area contributed by atoms with Crippen molar-refractivity contribution >= 4 is 23.4 Å². The lowest BCUT2D eigenvalue weighted by Crippen LogP contribution is -2.41. The number of aryl methyl sites for hydroxylation is 1. The maximum absolute atomic E-state index is 14.4. The van der Waals surface area contributed by atoms with E-state index < -0.39 is 11.7 Å². The standard InChI is InChI=1S/C25H24ClFN4O3/c1-30-24-18-10-17(26)8-9-21(18)34-14-19(24)23(29-30)25(33)31(12-16-4-2-3-5-20(16)27)13-22(32)28-11-15-6-7-15/h2-5,8-10,15H,6-7,11-14H2,1H3,(H,28,32). The van der Waals surface area contributed by atoms with Crippen LogP contribution in [-0.2, 0) is 25.0 Å². The summed E-state index contributed by atoms with van der Waals surface area (Å²) in [5.74, 6) is -0.0211. The van der Waals surface area contributed by atoms with Gasteiger partial charge in [0.25, 0.3) is 5.91 Å². The summed E-state index contributed by atoms with van der Waals surface area (Å²) < 4.78 is 21.9. The van der Waals surface area contributed by atoms with Crippen LogP contribution in [0.1, 0.15) is 34.5 Å². The van der Waals surface area contributed by atoms with Crippen LogP contribution in [0.4, 0.5) is 4.39 Å². The van der Waals surface area contributed by atoms with Crippen molar-refractivity contribution in [1.29, 1.82) is 0 Å². The van der Waals surface area contributed by atoms with Crippen molar-refractivity contribution in [2.45, 2.75) is 26.0 Å². The highest BCUT2D eigenvalue weighted by Gasteiger charge is 2.32. The van der Waals surface area contributed by atoms with Gasteiger partial charge in [0.15, 0.2) is 5.69 Å². The second-order valence-electron chi connectivity index (χ2n) is 8.73. The minimum absolute atomic E-state index is 0.0586. The topological polar surface area (TPSA) is 76.5 Å². The van der Waals surface area contributed by atoms with Gasteiger partial charge in [0.2, 0.25) is 5.91 Å². The molecule has 176 valence electrons. The summed E-state index contributed by atoms with van der Waals surface area (Å²) in [6.07, 6.45) is 2.20. The second kappa shape index (κ2) is 9.10. The summed E-state index contributed by atoms with van der Waals surface area (Å²) in [6, 6.07) is 11.5. The smallest absolute Gasteiger partial charge is 0.275 e. The molecule has 34 heavy (non-hydrogen) atoms. The number of carbonyl (C=O) groups excluding carboxylic acids is 2. The first-order chi connectivity index (χ1) is 16.4. The van der Waals surface area contributed by atoms with E-state index in [0.29, 0.717) is 34.4 Å². The van der Waals surface area contributed by atoms with Gasteiger partial charge in [0.1, 0.15) is 24.7 Å². The minimum Gasteiger partial charge on any atom is -0.488 e. The lowest BCUT2D eigenvalue weighted by Gasteiger charge is -2.23. The third-order valence-corrected chi connectivity index (χ3v) is 6.38. The number of ether oxygens (including phenoxy) is 1. The molecule has 1 fully saturated rings. The van der Waals surface area contributed by atoms with E-state index in [0.717, 1.165) is 24.1 Å². The van der Waals surface area contributed by atoms with Crippen molar-refractivity contribution in [2.24, 2.45) is 13.0 Å². The van der Waals surface area contributed by atoms with Gasteiger partial charge in [-0.1, -0.05) is 29.8 Å². The predicted molar refractivity (Wildman–Crippen MR) is 125 cm³/mol. The molecule has 0 spiro atoms. The summed E-state index contributed by atoms with van der Waals surface area (Å²) >= 11 is 6.19. The van der Waals surface area contributed by atoms with E-state index in [1.165, 1.54) is 11.0 Å². The molecule has 0 bridgehead atoms. The monoisotopic (exact) mass is 482 g/mol. The maximum atomic E-state index is 14.4. The van der Waals surface area contributed by atoms with Crippen LogP contribution >= 0.6 is 11.6 Å². The molecule has 0 saturated heterocycles. The van der Waals surface area contributed by atoms with Gasteiger partial charge in [0, 0.05) is 41.9 Å². The van der Waals surface area contributed by atoms with E-state index in [-0.39, 0.29) is 31.3 Å². The first kappa shape index (κ1) is 22.4. The molecule has 2 amide bonds. The molecule has 1 aliphatic carbocycles. The fourth-order valence-corrected chi connectivity index (χ4v) is 4.34. The molecular weight excluding hydrogens is 459 g/mol. The zero-order chi connectivity index (χ0) is 23.8. The van der Waals surface area contributed by atoms with Crippen LogP contribution in [0.2, 0.25) is 5.02 Å². The van der Waals surface area contributed by atoms with Gasteiger partial charge in [-0.25, -0.2) is 4.39 Å². The molecule has 0 atom stereocenters. The highest BCUT2D eigenvalue weighted by atomic mass is 35.5. The van der Waals surface area contributed by atoms with Gasteiger partial charge in [-0.2, -0.15) is 5.10 Å². The maximum Gasteiger partial charge on any atom is 0.275 e. The molecular formula is C25H24ClFN4O3. The molecule has 0 radical (unpaired) electrons. The van der Waals surface area contributed by atoms with E-state index in [2.05, 4.69) is 10.4 Å². The molecule has 2 heterocycles. The van der Waals surface area contributed by atoms with Gasteiger partial charge in [-0.05, 0) is 43.0 Å². The van der Waals surface area contributed by atoms with Crippen molar-refractivity contribution in [1.82, 2.24) is 20.0 Å². The Hall–Kier alpha value is -3.39. The first-order valence-electron chi connectivity index (χ1n) is 11.2. The number of nitrogens with zero attached hydrogens (tertiary/aromatic N) is 3. The van der Waals surface area contributed by atoms with Gasteiger partial charge >= 0.3 is 0 Å². The molecule has 1 N–H and O–H groups in total. The van der Waals surface area contributed by atoms with E-state index in [1.54, 1.807) is 48.1 Å². The lowest BCUT2D eigenvalue weighted by atomic mass is 10.0. The number of halogens is 2. The Kier molecular flexibility index (Phi) is 6.00. The van der Waals surface area contributed by atoms with Crippen molar-refractivity contribution in [3.05, 3.63) is 70.1 Å². The largest absolute Gasteiger partial charge is 0.488 e. The Morgan fingerprint density at radius 3 is 2.82 bits per heavy atom. The van der Waals surface area contributed by atoms with Crippen LogP contribution < -0.4 is 10.1 Å². The molecule has 3 aromatic rings. The van der Waals surface area contributed by atoms with Crippen LogP contribution in [0.25, 0.3) is 11.3 Å². The summed E-state index contributed by atoms with van der Waals surface area (Å²) in [4.78, 5) is 27.6. The number of hydrogen-bond acceptors (Lipinski definition) is 4. The van der Waals surface area contributed by atoms with Crippen molar-refractivity contribution in [2.75, 3.05) is 13.1 Å². The van der Waals surface area contributed by atoms with Crippen molar-refractivity contribution < 1.29 is 18.7 Å². The third kappa shape index (κ3) is 4.50. The molecule has 5 rings (SSSR count).